The average molecular weight is 300 g/mol. The molecule has 1 saturated heterocycles. The monoisotopic (exact) mass is 300 g/mol. The van der Waals surface area contributed by atoms with E-state index < -0.39 is 15.8 Å². The van der Waals surface area contributed by atoms with E-state index >= 15 is 0 Å². The van der Waals surface area contributed by atoms with Crippen molar-refractivity contribution in [3.8, 4) is 0 Å². The number of carbonyl (C=O) groups excluding carboxylic acids is 1. The van der Waals surface area contributed by atoms with Crippen molar-refractivity contribution in [3.63, 3.8) is 0 Å². The smallest absolute Gasteiger partial charge is 0.241 e. The Kier molecular flexibility index (Phi) is 4.10. The van der Waals surface area contributed by atoms with Crippen LogP contribution in [0.15, 0.2) is 23.1 Å². The lowest BCUT2D eigenvalue weighted by atomic mass is 10.2. The Hall–Kier alpha value is -1.47. The van der Waals surface area contributed by atoms with Crippen LogP contribution < -0.4 is 4.72 Å². The molecule has 1 atom stereocenters. The van der Waals surface area contributed by atoms with Crippen LogP contribution in [0.25, 0.3) is 0 Å². The minimum atomic E-state index is -3.69. The minimum absolute atomic E-state index is 0.0651. The first-order chi connectivity index (χ1) is 9.29. The number of hydrogen-bond donors (Lipinski definition) is 1. The van der Waals surface area contributed by atoms with Gasteiger partial charge in [0.25, 0.3) is 0 Å². The molecule has 5 nitrogen and oxygen atoms in total. The number of benzene rings is 1. The molecule has 1 aromatic carbocycles. The third kappa shape index (κ3) is 3.16. The maximum atomic E-state index is 13.0. The van der Waals surface area contributed by atoms with Crippen molar-refractivity contribution < 1.29 is 17.6 Å². The normalized spacial score (nSPS) is 19.4. The van der Waals surface area contributed by atoms with E-state index in [-0.39, 0.29) is 16.8 Å². The van der Waals surface area contributed by atoms with Gasteiger partial charge in [0.05, 0.1) is 4.90 Å². The molecule has 1 amide bonds. The van der Waals surface area contributed by atoms with Crippen LogP contribution >= 0.6 is 0 Å². The summed E-state index contributed by atoms with van der Waals surface area (Å²) >= 11 is 0. The van der Waals surface area contributed by atoms with Gasteiger partial charge in [-0.05, 0) is 37.1 Å². The maximum Gasteiger partial charge on any atom is 0.241 e. The summed E-state index contributed by atoms with van der Waals surface area (Å²) in [6.45, 7) is 3.93. The van der Waals surface area contributed by atoms with Crippen molar-refractivity contribution in [2.75, 3.05) is 13.1 Å². The SMILES string of the molecule is CC(=O)N1CCC(NS(=O)(=O)c2ccc(F)cc2C)C1. The summed E-state index contributed by atoms with van der Waals surface area (Å²) in [4.78, 5) is 12.9. The van der Waals surface area contributed by atoms with Gasteiger partial charge < -0.3 is 4.90 Å². The minimum Gasteiger partial charge on any atom is -0.341 e. The highest BCUT2D eigenvalue weighted by Crippen LogP contribution is 2.18. The van der Waals surface area contributed by atoms with Crippen molar-refractivity contribution in [2.24, 2.45) is 0 Å². The molecule has 110 valence electrons. The lowest BCUT2D eigenvalue weighted by Gasteiger charge is -2.16. The van der Waals surface area contributed by atoms with E-state index in [0.29, 0.717) is 25.1 Å². The molecule has 1 N–H and O–H groups in total. The third-order valence-electron chi connectivity index (χ3n) is 3.38. The van der Waals surface area contributed by atoms with Gasteiger partial charge in [-0.1, -0.05) is 0 Å². The Morgan fingerprint density at radius 1 is 1.45 bits per heavy atom. The molecule has 7 heteroatoms. The molecule has 1 aromatic rings. The summed E-state index contributed by atoms with van der Waals surface area (Å²) in [5, 5.41) is 0. The topological polar surface area (TPSA) is 66.5 Å². The molecule has 1 fully saturated rings. The van der Waals surface area contributed by atoms with E-state index in [0.717, 1.165) is 6.07 Å². The van der Waals surface area contributed by atoms with Gasteiger partial charge in [-0.25, -0.2) is 17.5 Å². The van der Waals surface area contributed by atoms with E-state index in [1.54, 1.807) is 11.8 Å². The molecule has 0 aliphatic carbocycles. The number of halogens is 1. The number of nitrogens with zero attached hydrogens (tertiary/aromatic N) is 1. The van der Waals surface area contributed by atoms with E-state index in [4.69, 9.17) is 0 Å². The van der Waals surface area contributed by atoms with Gasteiger partial charge in [-0.2, -0.15) is 0 Å². The van der Waals surface area contributed by atoms with Crippen LogP contribution in [0.3, 0.4) is 0 Å². The number of rotatable bonds is 3. The van der Waals surface area contributed by atoms with Crippen molar-refractivity contribution in [1.82, 2.24) is 9.62 Å². The summed E-state index contributed by atoms with van der Waals surface area (Å²) < 4.78 is 40.1. The molecular weight excluding hydrogens is 283 g/mol. The van der Waals surface area contributed by atoms with E-state index in [1.807, 2.05) is 0 Å². The molecule has 20 heavy (non-hydrogen) atoms. The van der Waals surface area contributed by atoms with Crippen molar-refractivity contribution >= 4 is 15.9 Å². The zero-order chi connectivity index (χ0) is 14.9. The van der Waals surface area contributed by atoms with Gasteiger partial charge in [0.1, 0.15) is 5.82 Å². The Balaban J connectivity index is 2.14. The first-order valence-electron chi connectivity index (χ1n) is 6.33. The zero-order valence-electron chi connectivity index (χ0n) is 11.4. The first-order valence-corrected chi connectivity index (χ1v) is 7.82. The number of amides is 1. The van der Waals surface area contributed by atoms with E-state index in [9.17, 15) is 17.6 Å². The third-order valence-corrected chi connectivity index (χ3v) is 5.06. The molecule has 2 rings (SSSR count). The molecule has 1 unspecified atom stereocenters. The number of carbonyl (C=O) groups is 1. The van der Waals surface area contributed by atoms with Crippen LogP contribution in [0, 0.1) is 12.7 Å². The second-order valence-electron chi connectivity index (χ2n) is 4.98. The van der Waals surface area contributed by atoms with Crippen LogP contribution in [0.5, 0.6) is 0 Å². The van der Waals surface area contributed by atoms with Crippen LogP contribution in [0.1, 0.15) is 18.9 Å². The summed E-state index contributed by atoms with van der Waals surface area (Å²) in [5.74, 6) is -0.533. The highest BCUT2D eigenvalue weighted by atomic mass is 32.2. The number of sulfonamides is 1. The molecule has 0 aromatic heterocycles. The number of nitrogens with one attached hydrogen (secondary N) is 1. The van der Waals surface area contributed by atoms with Gasteiger partial charge >= 0.3 is 0 Å². The predicted octanol–water partition coefficient (Wildman–Crippen LogP) is 1.03. The van der Waals surface area contributed by atoms with Crippen LogP contribution in [0.2, 0.25) is 0 Å². The maximum absolute atomic E-state index is 13.0. The lowest BCUT2D eigenvalue weighted by Crippen LogP contribution is -2.38. The highest BCUT2D eigenvalue weighted by molar-refractivity contribution is 7.89. The molecule has 0 radical (unpaired) electrons. The van der Waals surface area contributed by atoms with Crippen molar-refractivity contribution in [1.29, 1.82) is 0 Å². The van der Waals surface area contributed by atoms with Crippen LogP contribution in [-0.2, 0) is 14.8 Å². The summed E-state index contributed by atoms with van der Waals surface area (Å²) in [6, 6.07) is 3.27. The van der Waals surface area contributed by atoms with E-state index in [1.165, 1.54) is 19.1 Å². The van der Waals surface area contributed by atoms with Crippen LogP contribution in [-0.4, -0.2) is 38.4 Å². The molecule has 1 aliphatic heterocycles. The fourth-order valence-corrected chi connectivity index (χ4v) is 3.83. The Bertz CT molecular complexity index is 631. The van der Waals surface area contributed by atoms with Gasteiger partial charge in [0.15, 0.2) is 0 Å². The summed E-state index contributed by atoms with van der Waals surface area (Å²) in [5.41, 5.74) is 0.360. The Morgan fingerprint density at radius 2 is 2.15 bits per heavy atom. The Labute approximate surface area is 117 Å². The van der Waals surface area contributed by atoms with Gasteiger partial charge in [0, 0.05) is 26.1 Å². The van der Waals surface area contributed by atoms with Crippen molar-refractivity contribution in [2.45, 2.75) is 31.2 Å². The quantitative estimate of drug-likeness (QED) is 0.907. The Morgan fingerprint density at radius 3 is 2.70 bits per heavy atom. The fraction of sp³-hybridized carbons (Fsp3) is 0.462. The summed E-state index contributed by atoms with van der Waals surface area (Å²) in [7, 11) is -3.69. The zero-order valence-corrected chi connectivity index (χ0v) is 12.2. The van der Waals surface area contributed by atoms with Gasteiger partial charge in [-0.3, -0.25) is 4.79 Å². The number of aryl methyl sites for hydroxylation is 1. The second-order valence-corrected chi connectivity index (χ2v) is 6.66. The molecule has 0 bridgehead atoms. The molecular formula is C13H17FN2O3S. The highest BCUT2D eigenvalue weighted by Gasteiger charge is 2.29. The molecule has 0 saturated carbocycles. The number of likely N-dealkylation sites (tertiary alicyclic amines) is 1. The average Bonchev–Trinajstić information content (AvgIpc) is 2.76. The predicted molar refractivity (Wildman–Crippen MR) is 72.1 cm³/mol. The number of hydrogen-bond acceptors (Lipinski definition) is 3. The van der Waals surface area contributed by atoms with Gasteiger partial charge in [-0.15, -0.1) is 0 Å². The van der Waals surface area contributed by atoms with Crippen molar-refractivity contribution in [3.05, 3.63) is 29.6 Å². The second kappa shape index (κ2) is 5.49. The molecule has 1 aliphatic rings. The van der Waals surface area contributed by atoms with Gasteiger partial charge in [0.2, 0.25) is 15.9 Å². The molecule has 1 heterocycles. The first kappa shape index (κ1) is 14.9. The largest absolute Gasteiger partial charge is 0.341 e. The lowest BCUT2D eigenvalue weighted by molar-refractivity contribution is -0.127. The standard InChI is InChI=1S/C13H17FN2O3S/c1-9-7-11(14)3-4-13(9)20(18,19)15-12-5-6-16(8-12)10(2)17/h3-4,7,12,15H,5-6,8H2,1-2H3. The van der Waals surface area contributed by atoms with E-state index in [2.05, 4.69) is 4.72 Å². The summed E-state index contributed by atoms with van der Waals surface area (Å²) in [6.07, 6.45) is 0.582. The van der Waals surface area contributed by atoms with Crippen LogP contribution in [0.4, 0.5) is 4.39 Å². The fourth-order valence-electron chi connectivity index (χ4n) is 2.34. The molecule has 0 spiro atoms.